The van der Waals surface area contributed by atoms with Gasteiger partial charge >= 0.3 is 11.9 Å². The molecule has 0 aromatic rings. The van der Waals surface area contributed by atoms with Crippen molar-refractivity contribution in [3.05, 3.63) is 0 Å². The summed E-state index contributed by atoms with van der Waals surface area (Å²) in [7, 11) is 0. The molecule has 0 spiro atoms. The molecule has 194 valence electrons. The standard InChI is InChI=1S/C18H33N7O9/c1-7(26)12(24-14(30)9(19)4-3-5-22-18(20)21)16(32)23-10(6-11(28)29)15(31)25-13(8(2)27)17(33)34/h7-10,12-13,26-27H,3-6,19H2,1-2H3,(H,23,32)(H,24,30)(H,25,31)(H,28,29)(H,33,34)(H4,20,21,22). The topological polar surface area (TPSA) is 293 Å². The van der Waals surface area contributed by atoms with E-state index in [1.54, 1.807) is 0 Å². The molecule has 34 heavy (non-hydrogen) atoms. The van der Waals surface area contributed by atoms with Crippen LogP contribution in [0.1, 0.15) is 33.1 Å². The first kappa shape index (κ1) is 30.5. The first-order valence-corrected chi connectivity index (χ1v) is 10.2. The molecule has 16 nitrogen and oxygen atoms in total. The Morgan fingerprint density at radius 2 is 1.38 bits per heavy atom. The number of hydrogen-bond donors (Lipinski definition) is 10. The number of hydrogen-bond acceptors (Lipinski definition) is 9. The van der Waals surface area contributed by atoms with E-state index in [9.17, 15) is 34.2 Å². The highest BCUT2D eigenvalue weighted by atomic mass is 16.4. The maximum absolute atomic E-state index is 12.6. The number of nitrogens with one attached hydrogen (secondary N) is 3. The number of carbonyl (C=O) groups is 5. The fraction of sp³-hybridized carbons (Fsp3) is 0.667. The maximum Gasteiger partial charge on any atom is 0.328 e. The number of nitrogens with two attached hydrogens (primary N) is 3. The van der Waals surface area contributed by atoms with E-state index in [1.165, 1.54) is 0 Å². The number of rotatable bonds is 15. The van der Waals surface area contributed by atoms with Crippen molar-refractivity contribution in [2.24, 2.45) is 22.2 Å². The fourth-order valence-electron chi connectivity index (χ4n) is 2.60. The van der Waals surface area contributed by atoms with Crippen molar-refractivity contribution in [2.75, 3.05) is 6.54 Å². The van der Waals surface area contributed by atoms with Gasteiger partial charge in [0, 0.05) is 6.54 Å². The van der Waals surface area contributed by atoms with Crippen molar-refractivity contribution < 1.29 is 44.4 Å². The average molecular weight is 492 g/mol. The third-order valence-electron chi connectivity index (χ3n) is 4.42. The van der Waals surface area contributed by atoms with Gasteiger partial charge in [0.2, 0.25) is 17.7 Å². The molecule has 0 aromatic carbocycles. The number of guanidine groups is 1. The second-order valence-corrected chi connectivity index (χ2v) is 7.51. The summed E-state index contributed by atoms with van der Waals surface area (Å²) in [5.41, 5.74) is 16.1. The van der Waals surface area contributed by atoms with Gasteiger partial charge in [-0.1, -0.05) is 0 Å². The van der Waals surface area contributed by atoms with Gasteiger partial charge in [-0.3, -0.25) is 24.2 Å². The lowest BCUT2D eigenvalue weighted by atomic mass is 10.1. The molecule has 3 amide bonds. The van der Waals surface area contributed by atoms with Gasteiger partial charge in [0.15, 0.2) is 12.0 Å². The van der Waals surface area contributed by atoms with Gasteiger partial charge in [0.1, 0.15) is 12.1 Å². The second-order valence-electron chi connectivity index (χ2n) is 7.51. The van der Waals surface area contributed by atoms with Gasteiger partial charge in [-0.15, -0.1) is 0 Å². The molecule has 0 bridgehead atoms. The molecule has 16 heteroatoms. The smallest absolute Gasteiger partial charge is 0.328 e. The minimum Gasteiger partial charge on any atom is -0.481 e. The average Bonchev–Trinajstić information content (AvgIpc) is 2.70. The van der Waals surface area contributed by atoms with E-state index in [0.29, 0.717) is 6.42 Å². The molecule has 0 aliphatic rings. The number of nitrogens with zero attached hydrogens (tertiary/aromatic N) is 1. The van der Waals surface area contributed by atoms with E-state index in [-0.39, 0.29) is 18.9 Å². The molecule has 0 aliphatic heterocycles. The summed E-state index contributed by atoms with van der Waals surface area (Å²) < 4.78 is 0. The van der Waals surface area contributed by atoms with Crippen LogP contribution in [0.3, 0.4) is 0 Å². The molecule has 0 aliphatic carbocycles. The molecule has 0 aromatic heterocycles. The summed E-state index contributed by atoms with van der Waals surface area (Å²) in [6.45, 7) is 2.46. The Kier molecular flexibility index (Phi) is 13.1. The lowest BCUT2D eigenvalue weighted by molar-refractivity contribution is -0.146. The summed E-state index contributed by atoms with van der Waals surface area (Å²) in [6, 6.07) is -6.27. The molecule has 0 saturated heterocycles. The number of carboxylic acids is 2. The molecule has 0 heterocycles. The molecular formula is C18H33N7O9. The van der Waals surface area contributed by atoms with E-state index < -0.39 is 72.5 Å². The number of carboxylic acid groups (broad SMARTS) is 2. The van der Waals surface area contributed by atoms with E-state index in [1.807, 2.05) is 5.32 Å². The lowest BCUT2D eigenvalue weighted by Crippen LogP contribution is -2.60. The van der Waals surface area contributed by atoms with Gasteiger partial charge in [0.25, 0.3) is 0 Å². The van der Waals surface area contributed by atoms with Crippen LogP contribution in [0.2, 0.25) is 0 Å². The zero-order valence-corrected chi connectivity index (χ0v) is 18.8. The zero-order chi connectivity index (χ0) is 26.6. The molecule has 6 atom stereocenters. The van der Waals surface area contributed by atoms with Crippen LogP contribution < -0.4 is 33.2 Å². The first-order chi connectivity index (χ1) is 15.7. The Labute approximate surface area is 194 Å². The molecule has 0 radical (unpaired) electrons. The minimum absolute atomic E-state index is 0.132. The fourth-order valence-corrected chi connectivity index (χ4v) is 2.60. The Morgan fingerprint density at radius 3 is 1.82 bits per heavy atom. The number of aliphatic hydroxyl groups excluding tert-OH is 2. The van der Waals surface area contributed by atoms with Crippen LogP contribution in [0.5, 0.6) is 0 Å². The van der Waals surface area contributed by atoms with Crippen LogP contribution >= 0.6 is 0 Å². The Bertz CT molecular complexity index is 769. The maximum atomic E-state index is 12.6. The van der Waals surface area contributed by atoms with Crippen molar-refractivity contribution >= 4 is 35.6 Å². The largest absolute Gasteiger partial charge is 0.481 e. The van der Waals surface area contributed by atoms with Gasteiger partial charge in [-0.05, 0) is 26.7 Å². The number of carbonyl (C=O) groups excluding carboxylic acids is 3. The summed E-state index contributed by atoms with van der Waals surface area (Å²) in [4.78, 5) is 63.3. The zero-order valence-electron chi connectivity index (χ0n) is 18.8. The number of amides is 3. The number of aliphatic hydroxyl groups is 2. The SMILES string of the molecule is CC(O)C(NC(=O)C(CC(=O)O)NC(=O)C(NC(=O)C(N)CCCN=C(N)N)C(C)O)C(=O)O. The molecule has 13 N–H and O–H groups in total. The predicted octanol–water partition coefficient (Wildman–Crippen LogP) is -4.86. The summed E-state index contributed by atoms with van der Waals surface area (Å²) in [5.74, 6) is -6.38. The summed E-state index contributed by atoms with van der Waals surface area (Å²) >= 11 is 0. The van der Waals surface area contributed by atoms with E-state index in [0.717, 1.165) is 13.8 Å². The third-order valence-corrected chi connectivity index (χ3v) is 4.42. The van der Waals surface area contributed by atoms with Crippen LogP contribution in [0, 0.1) is 0 Å². The van der Waals surface area contributed by atoms with Crippen molar-refractivity contribution in [1.29, 1.82) is 0 Å². The minimum atomic E-state index is -1.78. The highest BCUT2D eigenvalue weighted by Gasteiger charge is 2.34. The molecular weight excluding hydrogens is 458 g/mol. The van der Waals surface area contributed by atoms with Gasteiger partial charge in [-0.2, -0.15) is 0 Å². The molecule has 0 rings (SSSR count). The Hall–Kier alpha value is -3.50. The van der Waals surface area contributed by atoms with E-state index in [2.05, 4.69) is 15.6 Å². The van der Waals surface area contributed by atoms with Crippen LogP contribution in [-0.2, 0) is 24.0 Å². The molecule has 0 fully saturated rings. The van der Waals surface area contributed by atoms with Gasteiger partial charge < -0.3 is 53.6 Å². The highest BCUT2D eigenvalue weighted by Crippen LogP contribution is 2.03. The number of aliphatic imine (C=N–C) groups is 1. The summed E-state index contributed by atoms with van der Waals surface area (Å²) in [6.07, 6.45) is -3.48. The Balaban J connectivity index is 5.32. The van der Waals surface area contributed by atoms with Crippen molar-refractivity contribution in [3.63, 3.8) is 0 Å². The van der Waals surface area contributed by atoms with Crippen LogP contribution in [-0.4, -0.2) is 99.0 Å². The molecule has 0 saturated carbocycles. The quantitative estimate of drug-likeness (QED) is 0.0586. The first-order valence-electron chi connectivity index (χ1n) is 10.2. The van der Waals surface area contributed by atoms with Crippen LogP contribution in [0.15, 0.2) is 4.99 Å². The third kappa shape index (κ3) is 11.4. The van der Waals surface area contributed by atoms with Gasteiger partial charge in [0.05, 0.1) is 24.7 Å². The van der Waals surface area contributed by atoms with E-state index >= 15 is 0 Å². The normalized spacial score (nSPS) is 16.0. The molecule has 6 unspecified atom stereocenters. The van der Waals surface area contributed by atoms with Crippen LogP contribution in [0.4, 0.5) is 0 Å². The van der Waals surface area contributed by atoms with Crippen molar-refractivity contribution in [2.45, 2.75) is 69.5 Å². The van der Waals surface area contributed by atoms with E-state index in [4.69, 9.17) is 27.4 Å². The lowest BCUT2D eigenvalue weighted by Gasteiger charge is -2.26. The predicted molar refractivity (Wildman–Crippen MR) is 117 cm³/mol. The second kappa shape index (κ2) is 14.6. The monoisotopic (exact) mass is 491 g/mol. The summed E-state index contributed by atoms with van der Waals surface area (Å²) in [5, 5.41) is 43.7. The Morgan fingerprint density at radius 1 is 0.853 bits per heavy atom. The van der Waals surface area contributed by atoms with Crippen LogP contribution in [0.25, 0.3) is 0 Å². The highest BCUT2D eigenvalue weighted by molar-refractivity contribution is 5.95. The van der Waals surface area contributed by atoms with Gasteiger partial charge in [-0.25, -0.2) is 4.79 Å². The number of aliphatic carboxylic acids is 2. The van der Waals surface area contributed by atoms with Crippen molar-refractivity contribution in [1.82, 2.24) is 16.0 Å². The van der Waals surface area contributed by atoms with Crippen molar-refractivity contribution in [3.8, 4) is 0 Å².